The number of nitrogens with zero attached hydrogens (tertiary/aromatic N) is 1. The van der Waals surface area contributed by atoms with Crippen molar-refractivity contribution in [3.63, 3.8) is 0 Å². The van der Waals surface area contributed by atoms with E-state index >= 15 is 0 Å². The second-order valence-electron chi connectivity index (χ2n) is 5.64. The van der Waals surface area contributed by atoms with Gasteiger partial charge in [0.15, 0.2) is 0 Å². The zero-order valence-electron chi connectivity index (χ0n) is 14.3. The first-order valence-corrected chi connectivity index (χ1v) is 7.04. The number of aromatic amines is 1. The summed E-state index contributed by atoms with van der Waals surface area (Å²) in [6, 6.07) is 5.92. The van der Waals surface area contributed by atoms with Crippen LogP contribution in [0.5, 0.6) is 0 Å². The Morgan fingerprint density at radius 2 is 2.33 bits per heavy atom. The molecule has 0 aliphatic carbocycles. The highest BCUT2D eigenvalue weighted by molar-refractivity contribution is 5.84. The first kappa shape index (κ1) is 11.6. The van der Waals surface area contributed by atoms with E-state index < -0.39 is 6.37 Å². The first-order valence-electron chi connectivity index (χ1n) is 8.04. The molecule has 2 N–H and O–H groups in total. The summed E-state index contributed by atoms with van der Waals surface area (Å²) in [5, 5.41) is 3.65. The minimum absolute atomic E-state index is 0.0270. The molecule has 1 aliphatic heterocycles. The van der Waals surface area contributed by atoms with E-state index in [0.29, 0.717) is 25.1 Å². The largest absolute Gasteiger partial charge is 0.447 e. The number of fused-ring (bicyclic) bond motifs is 1. The van der Waals surface area contributed by atoms with E-state index in [1.807, 2.05) is 37.2 Å². The van der Waals surface area contributed by atoms with Crippen LogP contribution in [0.2, 0.25) is 0 Å². The number of likely N-dealkylation sites (N-methyl/N-ethyl adjacent to an activating group) is 1. The first-order chi connectivity index (χ1) is 10.8. The maximum atomic E-state index is 11.1. The van der Waals surface area contributed by atoms with E-state index in [-0.39, 0.29) is 12.1 Å². The van der Waals surface area contributed by atoms with Crippen LogP contribution in [0, 0.1) is 0 Å². The fourth-order valence-electron chi connectivity index (χ4n) is 2.51. The smallest absolute Gasteiger partial charge is 0.407 e. The molecule has 3 rings (SSSR count). The summed E-state index contributed by atoms with van der Waals surface area (Å²) in [5.74, 6) is 0. The number of aromatic nitrogens is 1. The van der Waals surface area contributed by atoms with Gasteiger partial charge < -0.3 is 19.9 Å². The highest BCUT2D eigenvalue weighted by Gasteiger charge is 2.22. The lowest BCUT2D eigenvalue weighted by Crippen LogP contribution is -2.28. The number of rotatable bonds is 5. The van der Waals surface area contributed by atoms with Crippen LogP contribution in [0.1, 0.15) is 13.9 Å². The van der Waals surface area contributed by atoms with Gasteiger partial charge in [-0.05, 0) is 50.1 Å². The Morgan fingerprint density at radius 1 is 1.48 bits per heavy atom. The van der Waals surface area contributed by atoms with Gasteiger partial charge in [0.25, 0.3) is 0 Å². The molecule has 1 aromatic carbocycles. The van der Waals surface area contributed by atoms with Gasteiger partial charge in [-0.2, -0.15) is 0 Å². The van der Waals surface area contributed by atoms with Gasteiger partial charge in [0, 0.05) is 26.4 Å². The fraction of sp³-hybridized carbons (Fsp3) is 0.438. The number of amides is 1. The summed E-state index contributed by atoms with van der Waals surface area (Å²) in [4.78, 5) is 16.1. The maximum Gasteiger partial charge on any atom is 0.407 e. The number of hydrogen-bond donors (Lipinski definition) is 2. The summed E-state index contributed by atoms with van der Waals surface area (Å²) < 4.78 is 21.6. The van der Waals surface area contributed by atoms with Crippen LogP contribution in [0.25, 0.3) is 10.9 Å². The lowest BCUT2D eigenvalue weighted by atomic mass is 10.0. The van der Waals surface area contributed by atoms with Crippen molar-refractivity contribution in [3.8, 4) is 0 Å². The molecule has 0 bridgehead atoms. The molecule has 1 amide bonds. The summed E-state index contributed by atoms with van der Waals surface area (Å²) in [6.45, 7) is 0.690. The summed E-state index contributed by atoms with van der Waals surface area (Å²) in [7, 11) is 3.72. The number of cyclic esters (lactones) is 1. The van der Waals surface area contributed by atoms with Crippen molar-refractivity contribution in [1.29, 1.82) is 0 Å². The Morgan fingerprint density at radius 3 is 3.05 bits per heavy atom. The van der Waals surface area contributed by atoms with Crippen LogP contribution < -0.4 is 5.32 Å². The third-order valence-corrected chi connectivity index (χ3v) is 3.55. The maximum absolute atomic E-state index is 11.1. The molecule has 2 heterocycles. The SMILES string of the molecule is [2H]C([2H])(CN(C)C)c1c[nH]c2ccc(C[C@H]3COC(=O)N3)cc12. The second-order valence-corrected chi connectivity index (χ2v) is 5.64. The Bertz CT molecular complexity index is 727. The monoisotopic (exact) mass is 289 g/mol. The zero-order valence-corrected chi connectivity index (χ0v) is 12.3. The van der Waals surface area contributed by atoms with Crippen LogP contribution >= 0.6 is 0 Å². The molecule has 2 aromatic rings. The summed E-state index contributed by atoms with van der Waals surface area (Å²) >= 11 is 0. The molecular formula is C16H21N3O2. The molecular weight excluding hydrogens is 266 g/mol. The molecule has 21 heavy (non-hydrogen) atoms. The lowest BCUT2D eigenvalue weighted by molar-refractivity contribution is 0.177. The minimum atomic E-state index is -1.44. The summed E-state index contributed by atoms with van der Waals surface area (Å²) in [6.07, 6.45) is 0.604. The van der Waals surface area contributed by atoms with Crippen LogP contribution in [-0.4, -0.2) is 49.3 Å². The quantitative estimate of drug-likeness (QED) is 0.884. The average molecular weight is 289 g/mol. The Kier molecular flexibility index (Phi) is 3.20. The van der Waals surface area contributed by atoms with Gasteiger partial charge in [-0.3, -0.25) is 0 Å². The standard InChI is InChI=1S/C16H21N3O2/c1-19(2)6-5-12-9-17-15-4-3-11(8-14(12)15)7-13-10-21-16(20)18-13/h3-4,8-9,13,17H,5-7,10H2,1-2H3,(H,18,20)/t13-/m0/s1/i5D2. The predicted octanol–water partition coefficient (Wildman–Crippen LogP) is 1.92. The van der Waals surface area contributed by atoms with Gasteiger partial charge in [0.05, 0.1) is 6.04 Å². The van der Waals surface area contributed by atoms with Crippen molar-refractivity contribution in [3.05, 3.63) is 35.5 Å². The molecule has 5 nitrogen and oxygen atoms in total. The topological polar surface area (TPSA) is 57.4 Å². The van der Waals surface area contributed by atoms with E-state index in [4.69, 9.17) is 7.48 Å². The molecule has 1 fully saturated rings. The van der Waals surface area contributed by atoms with Crippen molar-refractivity contribution < 1.29 is 12.3 Å². The van der Waals surface area contributed by atoms with Crippen molar-refractivity contribution in [1.82, 2.24) is 15.2 Å². The number of benzene rings is 1. The van der Waals surface area contributed by atoms with E-state index in [1.165, 1.54) is 0 Å². The van der Waals surface area contributed by atoms with Crippen LogP contribution in [0.15, 0.2) is 24.4 Å². The number of carbonyl (C=O) groups is 1. The molecule has 0 saturated carbocycles. The number of H-pyrrole nitrogens is 1. The third kappa shape index (κ3) is 3.19. The van der Waals surface area contributed by atoms with Crippen molar-refractivity contribution >= 4 is 17.0 Å². The van der Waals surface area contributed by atoms with Crippen molar-refractivity contribution in [2.75, 3.05) is 27.2 Å². The molecule has 1 aliphatic rings. The highest BCUT2D eigenvalue weighted by atomic mass is 16.6. The molecule has 0 radical (unpaired) electrons. The Hall–Kier alpha value is -2.01. The van der Waals surface area contributed by atoms with Crippen LogP contribution in [0.4, 0.5) is 4.79 Å². The number of nitrogens with one attached hydrogen (secondary N) is 2. The number of hydrogen-bond acceptors (Lipinski definition) is 3. The van der Waals surface area contributed by atoms with E-state index in [9.17, 15) is 4.79 Å². The van der Waals surface area contributed by atoms with Crippen molar-refractivity contribution in [2.24, 2.45) is 0 Å². The fourth-order valence-corrected chi connectivity index (χ4v) is 2.51. The van der Waals surface area contributed by atoms with Gasteiger partial charge in [0.2, 0.25) is 0 Å². The van der Waals surface area contributed by atoms with Crippen LogP contribution in [-0.2, 0) is 17.5 Å². The molecule has 1 aromatic heterocycles. The van der Waals surface area contributed by atoms with Crippen LogP contribution in [0.3, 0.4) is 0 Å². The molecule has 112 valence electrons. The minimum Gasteiger partial charge on any atom is -0.447 e. The number of carbonyl (C=O) groups excluding carboxylic acids is 1. The van der Waals surface area contributed by atoms with E-state index in [0.717, 1.165) is 16.5 Å². The second kappa shape index (κ2) is 5.77. The van der Waals surface area contributed by atoms with Gasteiger partial charge >= 0.3 is 6.09 Å². The Labute approximate surface area is 127 Å². The Balaban J connectivity index is 1.89. The zero-order chi connectivity index (χ0) is 16.6. The molecule has 5 heteroatoms. The molecule has 0 spiro atoms. The van der Waals surface area contributed by atoms with Gasteiger partial charge in [-0.25, -0.2) is 4.79 Å². The normalized spacial score (nSPS) is 20.3. The van der Waals surface area contributed by atoms with Gasteiger partial charge in [0.1, 0.15) is 6.61 Å². The number of ether oxygens (including phenoxy) is 1. The summed E-state index contributed by atoms with van der Waals surface area (Å²) in [5.41, 5.74) is 2.63. The highest BCUT2D eigenvalue weighted by Crippen LogP contribution is 2.21. The van der Waals surface area contributed by atoms with E-state index in [1.54, 1.807) is 6.20 Å². The van der Waals surface area contributed by atoms with Gasteiger partial charge in [-0.15, -0.1) is 0 Å². The third-order valence-electron chi connectivity index (χ3n) is 3.55. The lowest BCUT2D eigenvalue weighted by Gasteiger charge is -2.09. The van der Waals surface area contributed by atoms with Gasteiger partial charge in [-0.1, -0.05) is 6.07 Å². The van der Waals surface area contributed by atoms with Crippen molar-refractivity contribution in [2.45, 2.75) is 18.8 Å². The predicted molar refractivity (Wildman–Crippen MR) is 82.5 cm³/mol. The molecule has 0 unspecified atom stereocenters. The molecule has 1 saturated heterocycles. The number of alkyl carbamates (subject to hydrolysis) is 1. The van der Waals surface area contributed by atoms with E-state index in [2.05, 4.69) is 10.3 Å². The molecule has 1 atom stereocenters. The average Bonchev–Trinajstić information content (AvgIpc) is 3.03.